The van der Waals surface area contributed by atoms with Crippen LogP contribution in [0.5, 0.6) is 0 Å². The number of carbonyl (C=O) groups excluding carboxylic acids is 2. The number of primary amides is 1. The first-order valence-corrected chi connectivity index (χ1v) is 9.89. The predicted molar refractivity (Wildman–Crippen MR) is 91.6 cm³/mol. The minimum atomic E-state index is -3.93. The molecule has 7 nitrogen and oxygen atoms in total. The van der Waals surface area contributed by atoms with Gasteiger partial charge in [-0.05, 0) is 31.9 Å². The molecule has 26 heavy (non-hydrogen) atoms. The molecule has 0 aliphatic carbocycles. The van der Waals surface area contributed by atoms with Crippen LogP contribution in [0.25, 0.3) is 0 Å². The van der Waals surface area contributed by atoms with Gasteiger partial charge in [-0.2, -0.15) is 0 Å². The number of hydrogen-bond donors (Lipinski definition) is 1. The van der Waals surface area contributed by atoms with E-state index in [0.29, 0.717) is 12.8 Å². The summed E-state index contributed by atoms with van der Waals surface area (Å²) in [5.41, 5.74) is 5.12. The van der Waals surface area contributed by atoms with Gasteiger partial charge in [0.1, 0.15) is 6.04 Å². The van der Waals surface area contributed by atoms with Crippen molar-refractivity contribution in [1.29, 1.82) is 0 Å². The van der Waals surface area contributed by atoms with Crippen molar-refractivity contribution >= 4 is 27.5 Å². The Labute approximate surface area is 150 Å². The van der Waals surface area contributed by atoms with E-state index >= 15 is 0 Å². The fourth-order valence-electron chi connectivity index (χ4n) is 3.07. The number of hydrogen-bond acceptors (Lipinski definition) is 4. The molecule has 10 heteroatoms. The highest BCUT2D eigenvalue weighted by Gasteiger charge is 2.34. The van der Waals surface area contributed by atoms with Crippen LogP contribution in [0.4, 0.5) is 14.5 Å². The third-order valence-corrected chi connectivity index (χ3v) is 5.67. The number of rotatable bonds is 5. The Kier molecular flexibility index (Phi) is 5.84. The van der Waals surface area contributed by atoms with Crippen molar-refractivity contribution in [3.8, 4) is 0 Å². The number of benzene rings is 1. The van der Waals surface area contributed by atoms with Crippen molar-refractivity contribution in [2.75, 3.05) is 23.7 Å². The molecule has 2 rings (SSSR count). The normalized spacial score (nSPS) is 17.0. The molecule has 1 aromatic carbocycles. The fourth-order valence-corrected chi connectivity index (χ4v) is 4.23. The van der Waals surface area contributed by atoms with Gasteiger partial charge >= 0.3 is 0 Å². The average Bonchev–Trinajstić information content (AvgIpc) is 2.56. The van der Waals surface area contributed by atoms with Crippen LogP contribution < -0.4 is 10.0 Å². The largest absolute Gasteiger partial charge is 0.369 e. The number of carbonyl (C=O) groups is 2. The molecule has 0 aromatic heterocycles. The maximum absolute atomic E-state index is 13.5. The summed E-state index contributed by atoms with van der Waals surface area (Å²) in [6, 6.07) is 1.49. The number of nitrogens with zero attached hydrogens (tertiary/aromatic N) is 2. The molecule has 1 heterocycles. The summed E-state index contributed by atoms with van der Waals surface area (Å²) in [7, 11) is -3.93. The van der Waals surface area contributed by atoms with Crippen LogP contribution in [0.3, 0.4) is 0 Å². The first kappa shape index (κ1) is 20.1. The molecule has 1 saturated heterocycles. The number of piperidine rings is 1. The zero-order valence-electron chi connectivity index (χ0n) is 14.5. The van der Waals surface area contributed by atoms with E-state index in [2.05, 4.69) is 0 Å². The number of amides is 2. The first-order chi connectivity index (χ1) is 12.0. The highest BCUT2D eigenvalue weighted by molar-refractivity contribution is 7.92. The van der Waals surface area contributed by atoms with Gasteiger partial charge in [0.05, 0.1) is 11.9 Å². The molecular formula is C16H21F2N3O4S. The van der Waals surface area contributed by atoms with Crippen molar-refractivity contribution in [1.82, 2.24) is 4.90 Å². The molecule has 0 radical (unpaired) electrons. The maximum Gasteiger partial charge on any atom is 0.246 e. The molecule has 144 valence electrons. The van der Waals surface area contributed by atoms with Crippen LogP contribution in [0.15, 0.2) is 18.2 Å². The third kappa shape index (κ3) is 4.29. The monoisotopic (exact) mass is 389 g/mol. The predicted octanol–water partition coefficient (Wildman–Crippen LogP) is 0.843. The summed E-state index contributed by atoms with van der Waals surface area (Å²) in [4.78, 5) is 25.4. The van der Waals surface area contributed by atoms with Crippen LogP contribution in [-0.4, -0.2) is 50.5 Å². The van der Waals surface area contributed by atoms with Gasteiger partial charge in [-0.3, -0.25) is 13.9 Å². The van der Waals surface area contributed by atoms with Gasteiger partial charge in [0, 0.05) is 25.1 Å². The third-order valence-electron chi connectivity index (χ3n) is 4.43. The van der Waals surface area contributed by atoms with Crippen LogP contribution >= 0.6 is 0 Å². The van der Waals surface area contributed by atoms with Gasteiger partial charge in [-0.15, -0.1) is 0 Å². The van der Waals surface area contributed by atoms with Crippen LogP contribution in [0.2, 0.25) is 0 Å². The van der Waals surface area contributed by atoms with Gasteiger partial charge in [-0.25, -0.2) is 17.2 Å². The molecule has 1 fully saturated rings. The zero-order chi connectivity index (χ0) is 19.6. The first-order valence-electron chi connectivity index (χ1n) is 8.05. The lowest BCUT2D eigenvalue weighted by Gasteiger charge is -2.36. The molecule has 0 saturated carbocycles. The van der Waals surface area contributed by atoms with E-state index < -0.39 is 39.5 Å². The van der Waals surface area contributed by atoms with E-state index in [-0.39, 0.29) is 24.7 Å². The van der Waals surface area contributed by atoms with E-state index in [1.165, 1.54) is 11.8 Å². The van der Waals surface area contributed by atoms with E-state index in [0.717, 1.165) is 28.8 Å². The Bertz CT molecular complexity index is 808. The molecule has 1 atom stereocenters. The van der Waals surface area contributed by atoms with Gasteiger partial charge in [0.15, 0.2) is 11.6 Å². The molecule has 1 unspecified atom stereocenters. The summed E-state index contributed by atoms with van der Waals surface area (Å²) in [5, 5.41) is 0. The SMILES string of the molecule is CC(C(=O)N1CCC(C(N)=O)CC1)N(c1ccc(F)c(F)c1)S(C)(=O)=O. The second-order valence-corrected chi connectivity index (χ2v) is 8.19. The average molecular weight is 389 g/mol. The second-order valence-electron chi connectivity index (χ2n) is 6.34. The van der Waals surface area contributed by atoms with Gasteiger partial charge < -0.3 is 10.6 Å². The Morgan fingerprint density at radius 1 is 1.23 bits per heavy atom. The Morgan fingerprint density at radius 2 is 1.81 bits per heavy atom. The number of halogens is 2. The molecule has 1 aromatic rings. The number of anilines is 1. The van der Waals surface area contributed by atoms with Gasteiger partial charge in [0.2, 0.25) is 21.8 Å². The lowest BCUT2D eigenvalue weighted by molar-refractivity contribution is -0.135. The highest BCUT2D eigenvalue weighted by atomic mass is 32.2. The molecule has 1 aliphatic rings. The molecular weight excluding hydrogens is 368 g/mol. The smallest absolute Gasteiger partial charge is 0.246 e. The van der Waals surface area contributed by atoms with Gasteiger partial charge in [-0.1, -0.05) is 0 Å². The summed E-state index contributed by atoms with van der Waals surface area (Å²) in [6.07, 6.45) is 1.69. The van der Waals surface area contributed by atoms with E-state index in [4.69, 9.17) is 5.73 Å². The quantitative estimate of drug-likeness (QED) is 0.806. The summed E-state index contributed by atoms with van der Waals surface area (Å²) in [6.45, 7) is 1.92. The summed E-state index contributed by atoms with van der Waals surface area (Å²) in [5.74, 6) is -3.55. The zero-order valence-corrected chi connectivity index (χ0v) is 15.3. The number of likely N-dealkylation sites (tertiary alicyclic amines) is 1. The van der Waals surface area contributed by atoms with Crippen LogP contribution in [0.1, 0.15) is 19.8 Å². The highest BCUT2D eigenvalue weighted by Crippen LogP contribution is 2.25. The topological polar surface area (TPSA) is 101 Å². The van der Waals surface area contributed by atoms with Crippen molar-refractivity contribution in [2.24, 2.45) is 11.7 Å². The Hall–Kier alpha value is -2.23. The Balaban J connectivity index is 2.24. The van der Waals surface area contributed by atoms with Crippen molar-refractivity contribution in [3.63, 3.8) is 0 Å². The number of sulfonamides is 1. The molecule has 0 bridgehead atoms. The lowest BCUT2D eigenvalue weighted by atomic mass is 9.96. The van der Waals surface area contributed by atoms with Crippen molar-refractivity contribution in [3.05, 3.63) is 29.8 Å². The molecule has 2 N–H and O–H groups in total. The van der Waals surface area contributed by atoms with Crippen molar-refractivity contribution in [2.45, 2.75) is 25.8 Å². The standard InChI is InChI=1S/C16H21F2N3O4S/c1-10(16(23)20-7-5-11(6-8-20)15(19)22)21(26(2,24)25)12-3-4-13(17)14(18)9-12/h3-4,9-11H,5-8H2,1-2H3,(H2,19,22). The summed E-state index contributed by atoms with van der Waals surface area (Å²) < 4.78 is 51.8. The lowest BCUT2D eigenvalue weighted by Crippen LogP contribution is -2.52. The van der Waals surface area contributed by atoms with E-state index in [1.54, 1.807) is 0 Å². The Morgan fingerprint density at radius 3 is 2.27 bits per heavy atom. The van der Waals surface area contributed by atoms with Crippen molar-refractivity contribution < 1.29 is 26.8 Å². The van der Waals surface area contributed by atoms with Crippen LogP contribution in [-0.2, 0) is 19.6 Å². The molecule has 2 amide bonds. The second kappa shape index (κ2) is 7.56. The maximum atomic E-state index is 13.5. The summed E-state index contributed by atoms with van der Waals surface area (Å²) >= 11 is 0. The number of nitrogens with two attached hydrogens (primary N) is 1. The van der Waals surface area contributed by atoms with E-state index in [9.17, 15) is 26.8 Å². The van der Waals surface area contributed by atoms with Gasteiger partial charge in [0.25, 0.3) is 0 Å². The fraction of sp³-hybridized carbons (Fsp3) is 0.500. The molecule has 0 spiro atoms. The van der Waals surface area contributed by atoms with Crippen LogP contribution in [0, 0.1) is 17.6 Å². The minimum Gasteiger partial charge on any atom is -0.369 e. The van der Waals surface area contributed by atoms with E-state index in [1.807, 2.05) is 0 Å². The molecule has 1 aliphatic heterocycles. The minimum absolute atomic E-state index is 0.140.